The van der Waals surface area contributed by atoms with Crippen LogP contribution in [-0.4, -0.2) is 55.1 Å². The molecular formula is C17H32O5. The Kier molecular flexibility index (Phi) is 7.97. The summed E-state index contributed by atoms with van der Waals surface area (Å²) in [7, 11) is 0. The highest BCUT2D eigenvalue weighted by atomic mass is 16.6. The summed E-state index contributed by atoms with van der Waals surface area (Å²) >= 11 is 0. The van der Waals surface area contributed by atoms with Crippen LogP contribution in [0.2, 0.25) is 0 Å². The van der Waals surface area contributed by atoms with Gasteiger partial charge < -0.3 is 18.9 Å². The Hall–Kier alpha value is -0.490. The van der Waals surface area contributed by atoms with Crippen LogP contribution in [0.25, 0.3) is 0 Å². The van der Waals surface area contributed by atoms with Gasteiger partial charge in [-0.3, -0.25) is 4.79 Å². The normalized spacial score (nSPS) is 30.2. The molecule has 5 nitrogen and oxygen atoms in total. The highest BCUT2D eigenvalue weighted by Crippen LogP contribution is 2.30. The number of Topliss-reactive ketones (excluding diaryl/α,β-unsaturated/α-hetero) is 1. The number of carbonyl (C=O) groups is 1. The van der Waals surface area contributed by atoms with E-state index in [0.717, 1.165) is 0 Å². The van der Waals surface area contributed by atoms with E-state index in [2.05, 4.69) is 0 Å². The lowest BCUT2D eigenvalue weighted by Crippen LogP contribution is -2.44. The fraction of sp³-hybridized carbons (Fsp3) is 0.941. The molecule has 5 heteroatoms. The average molecular weight is 316 g/mol. The lowest BCUT2D eigenvalue weighted by atomic mass is 10.0. The quantitative estimate of drug-likeness (QED) is 0.655. The Labute approximate surface area is 134 Å². The molecule has 0 aromatic heterocycles. The standard InChI is InChI=1S/C17H32O5/c1-8-14(18)9-19-15-12(6)22-16(13(7)20-10(2)3)17(15)21-11(4)5/h10-13,15-17H,8-9H2,1-7H3/t12-,13+,15-,16+,17-/m0/s1. The van der Waals surface area contributed by atoms with Crippen LogP contribution in [0.3, 0.4) is 0 Å². The van der Waals surface area contributed by atoms with E-state index in [9.17, 15) is 4.79 Å². The number of carbonyl (C=O) groups excluding carboxylic acids is 1. The highest BCUT2D eigenvalue weighted by molar-refractivity contribution is 5.79. The van der Waals surface area contributed by atoms with Crippen LogP contribution in [0.15, 0.2) is 0 Å². The van der Waals surface area contributed by atoms with E-state index in [1.807, 2.05) is 48.5 Å². The molecule has 0 aliphatic carbocycles. The van der Waals surface area contributed by atoms with Gasteiger partial charge >= 0.3 is 0 Å². The van der Waals surface area contributed by atoms with Gasteiger partial charge in [-0.05, 0) is 41.5 Å². The van der Waals surface area contributed by atoms with Gasteiger partial charge in [0, 0.05) is 6.42 Å². The first-order chi connectivity index (χ1) is 10.3. The average Bonchev–Trinajstić information content (AvgIpc) is 2.71. The number of hydrogen-bond acceptors (Lipinski definition) is 5. The topological polar surface area (TPSA) is 54.0 Å². The molecule has 0 radical (unpaired) electrons. The summed E-state index contributed by atoms with van der Waals surface area (Å²) in [5.41, 5.74) is 0. The van der Waals surface area contributed by atoms with Crippen LogP contribution in [0.5, 0.6) is 0 Å². The third kappa shape index (κ3) is 5.61. The second-order valence-electron chi connectivity index (χ2n) is 6.51. The Bertz CT molecular complexity index is 342. The maximum atomic E-state index is 11.5. The minimum atomic E-state index is -0.249. The van der Waals surface area contributed by atoms with E-state index in [-0.39, 0.29) is 55.1 Å². The van der Waals surface area contributed by atoms with Gasteiger partial charge in [-0.25, -0.2) is 0 Å². The second-order valence-corrected chi connectivity index (χ2v) is 6.51. The van der Waals surface area contributed by atoms with Crippen LogP contribution in [0.1, 0.15) is 54.9 Å². The summed E-state index contributed by atoms with van der Waals surface area (Å²) in [4.78, 5) is 11.5. The van der Waals surface area contributed by atoms with Gasteiger partial charge in [-0.1, -0.05) is 6.92 Å². The first kappa shape index (κ1) is 19.6. The molecule has 1 heterocycles. The predicted molar refractivity (Wildman–Crippen MR) is 85.1 cm³/mol. The van der Waals surface area contributed by atoms with E-state index in [1.54, 1.807) is 0 Å². The fourth-order valence-electron chi connectivity index (χ4n) is 2.73. The maximum absolute atomic E-state index is 11.5. The minimum absolute atomic E-state index is 0.0561. The lowest BCUT2D eigenvalue weighted by Gasteiger charge is -2.29. The zero-order valence-corrected chi connectivity index (χ0v) is 15.0. The summed E-state index contributed by atoms with van der Waals surface area (Å²) in [6.45, 7) is 13.9. The predicted octanol–water partition coefficient (Wildman–Crippen LogP) is 2.75. The molecule has 0 amide bonds. The smallest absolute Gasteiger partial charge is 0.158 e. The first-order valence-electron chi connectivity index (χ1n) is 8.35. The van der Waals surface area contributed by atoms with Crippen LogP contribution in [0.4, 0.5) is 0 Å². The van der Waals surface area contributed by atoms with Crippen molar-refractivity contribution < 1.29 is 23.7 Å². The van der Waals surface area contributed by atoms with Crippen molar-refractivity contribution in [3.05, 3.63) is 0 Å². The molecule has 1 saturated heterocycles. The molecular weight excluding hydrogens is 284 g/mol. The van der Waals surface area contributed by atoms with E-state index in [0.29, 0.717) is 6.42 Å². The highest BCUT2D eigenvalue weighted by Gasteiger charge is 2.47. The van der Waals surface area contributed by atoms with Crippen LogP contribution in [-0.2, 0) is 23.7 Å². The van der Waals surface area contributed by atoms with Gasteiger partial charge in [-0.2, -0.15) is 0 Å². The second kappa shape index (κ2) is 8.96. The van der Waals surface area contributed by atoms with Gasteiger partial charge in [0.15, 0.2) is 5.78 Å². The minimum Gasteiger partial charge on any atom is -0.373 e. The zero-order valence-electron chi connectivity index (χ0n) is 15.0. The molecule has 22 heavy (non-hydrogen) atoms. The SMILES string of the molecule is CCC(=O)CO[C@@H]1[C@H](OC(C)C)[C@@H]([C@@H](C)OC(C)C)O[C@H]1C. The van der Waals surface area contributed by atoms with E-state index in [4.69, 9.17) is 18.9 Å². The van der Waals surface area contributed by atoms with Crippen molar-refractivity contribution in [2.24, 2.45) is 0 Å². The molecule has 1 rings (SSSR count). The number of hydrogen-bond donors (Lipinski definition) is 0. The summed E-state index contributed by atoms with van der Waals surface area (Å²) in [5.74, 6) is 0.0884. The van der Waals surface area contributed by atoms with Crippen molar-refractivity contribution in [1.29, 1.82) is 0 Å². The Morgan fingerprint density at radius 3 is 2.23 bits per heavy atom. The molecule has 5 atom stereocenters. The lowest BCUT2D eigenvalue weighted by molar-refractivity contribution is -0.136. The van der Waals surface area contributed by atoms with Gasteiger partial charge in [0.05, 0.1) is 24.4 Å². The molecule has 130 valence electrons. The monoisotopic (exact) mass is 316 g/mol. The van der Waals surface area contributed by atoms with Crippen molar-refractivity contribution >= 4 is 5.78 Å². The van der Waals surface area contributed by atoms with Crippen molar-refractivity contribution in [3.8, 4) is 0 Å². The van der Waals surface area contributed by atoms with E-state index in [1.165, 1.54) is 0 Å². The van der Waals surface area contributed by atoms with E-state index >= 15 is 0 Å². The van der Waals surface area contributed by atoms with E-state index < -0.39 is 0 Å². The zero-order chi connectivity index (χ0) is 16.9. The molecule has 0 spiro atoms. The molecule has 0 N–H and O–H groups in total. The molecule has 0 aromatic rings. The summed E-state index contributed by atoms with van der Waals surface area (Å²) in [6, 6.07) is 0. The fourth-order valence-corrected chi connectivity index (χ4v) is 2.73. The van der Waals surface area contributed by atoms with Gasteiger partial charge in [-0.15, -0.1) is 0 Å². The number of ketones is 1. The summed E-state index contributed by atoms with van der Waals surface area (Å²) in [6.07, 6.45) is -0.237. The third-order valence-electron chi connectivity index (χ3n) is 3.69. The van der Waals surface area contributed by atoms with Gasteiger partial charge in [0.1, 0.15) is 24.9 Å². The van der Waals surface area contributed by atoms with Crippen molar-refractivity contribution in [2.75, 3.05) is 6.61 Å². The van der Waals surface area contributed by atoms with Crippen LogP contribution in [0, 0.1) is 0 Å². The van der Waals surface area contributed by atoms with Gasteiger partial charge in [0.2, 0.25) is 0 Å². The number of ether oxygens (including phenoxy) is 4. The Morgan fingerprint density at radius 1 is 1.09 bits per heavy atom. The summed E-state index contributed by atoms with van der Waals surface area (Å²) in [5, 5.41) is 0. The Balaban J connectivity index is 2.78. The maximum Gasteiger partial charge on any atom is 0.158 e. The Morgan fingerprint density at radius 2 is 1.73 bits per heavy atom. The van der Waals surface area contributed by atoms with Crippen LogP contribution >= 0.6 is 0 Å². The first-order valence-corrected chi connectivity index (χ1v) is 8.35. The molecule has 0 unspecified atom stereocenters. The van der Waals surface area contributed by atoms with Crippen LogP contribution < -0.4 is 0 Å². The third-order valence-corrected chi connectivity index (χ3v) is 3.69. The number of rotatable bonds is 9. The van der Waals surface area contributed by atoms with Crippen molar-refractivity contribution in [1.82, 2.24) is 0 Å². The van der Waals surface area contributed by atoms with Crippen molar-refractivity contribution in [2.45, 2.75) is 97.6 Å². The van der Waals surface area contributed by atoms with Crippen molar-refractivity contribution in [3.63, 3.8) is 0 Å². The largest absolute Gasteiger partial charge is 0.373 e. The molecule has 1 aliphatic heterocycles. The molecule has 1 fully saturated rings. The molecule has 0 aromatic carbocycles. The van der Waals surface area contributed by atoms with Gasteiger partial charge in [0.25, 0.3) is 0 Å². The molecule has 1 aliphatic rings. The summed E-state index contributed by atoms with van der Waals surface area (Å²) < 4.78 is 23.7. The molecule has 0 saturated carbocycles. The molecule has 0 bridgehead atoms.